The molecule has 0 aliphatic heterocycles. The summed E-state index contributed by atoms with van der Waals surface area (Å²) in [5.41, 5.74) is 1.83. The Kier molecular flexibility index (Phi) is 5.92. The van der Waals surface area contributed by atoms with Gasteiger partial charge in [-0.2, -0.15) is 0 Å². The van der Waals surface area contributed by atoms with E-state index in [-0.39, 0.29) is 22.4 Å². The van der Waals surface area contributed by atoms with Gasteiger partial charge in [-0.3, -0.25) is 4.79 Å². The molecule has 1 aromatic heterocycles. The van der Waals surface area contributed by atoms with Gasteiger partial charge >= 0.3 is 5.97 Å². The maximum Gasteiger partial charge on any atom is 0.358 e. The molecule has 32 heavy (non-hydrogen) atoms. The van der Waals surface area contributed by atoms with Crippen molar-refractivity contribution in [2.45, 2.75) is 33.1 Å². The van der Waals surface area contributed by atoms with Crippen LogP contribution in [0.15, 0.2) is 48.7 Å². The number of sulfonamides is 1. The zero-order chi connectivity index (χ0) is 23.8. The van der Waals surface area contributed by atoms with Crippen LogP contribution in [0.4, 0.5) is 5.69 Å². The number of rotatable bonds is 5. The lowest BCUT2D eigenvalue weighted by Crippen LogP contribution is -2.36. The molecule has 0 saturated heterocycles. The monoisotopic (exact) mass is 456 g/mol. The largest absolute Gasteiger partial charge is 0.476 e. The molecule has 3 aromatic rings. The molecule has 0 unspecified atom stereocenters. The first-order valence-corrected chi connectivity index (χ1v) is 11.6. The number of carboxylic acid groups (broad SMARTS) is 1. The van der Waals surface area contributed by atoms with Crippen molar-refractivity contribution in [2.24, 2.45) is 0 Å². The lowest BCUT2D eigenvalue weighted by molar-refractivity contribution is 0.0690. The summed E-state index contributed by atoms with van der Waals surface area (Å²) in [5, 5.41) is 16.5. The van der Waals surface area contributed by atoms with Crippen molar-refractivity contribution in [1.29, 1.82) is 0 Å². The Hall–Kier alpha value is -3.53. The van der Waals surface area contributed by atoms with E-state index < -0.39 is 21.9 Å². The van der Waals surface area contributed by atoms with E-state index in [2.05, 4.69) is 10.3 Å². The summed E-state index contributed by atoms with van der Waals surface area (Å²) in [5.74, 6) is -1.97. The van der Waals surface area contributed by atoms with Gasteiger partial charge in [0.05, 0.1) is 23.8 Å². The molecule has 0 radical (unpaired) electrons. The standard InChI is InChI=1S/C22H24N4O5S/c1-14-9-10-15(11-19(14)25-13-18(21(28)29)23-24-25)20(27)26(32(5,30)31)17-8-6-7-16(12-17)22(2,3)4/h6-13H,1-5H3,(H,28,29). The summed E-state index contributed by atoms with van der Waals surface area (Å²) >= 11 is 0. The summed E-state index contributed by atoms with van der Waals surface area (Å²) in [4.78, 5) is 24.5. The van der Waals surface area contributed by atoms with E-state index in [0.717, 1.165) is 16.1 Å². The van der Waals surface area contributed by atoms with Crippen LogP contribution in [-0.4, -0.2) is 46.7 Å². The molecule has 0 saturated carbocycles. The second kappa shape index (κ2) is 8.19. The number of benzene rings is 2. The third-order valence-corrected chi connectivity index (χ3v) is 5.92. The third-order valence-electron chi connectivity index (χ3n) is 4.88. The van der Waals surface area contributed by atoms with E-state index in [1.165, 1.54) is 23.0 Å². The smallest absolute Gasteiger partial charge is 0.358 e. The fourth-order valence-electron chi connectivity index (χ4n) is 3.14. The fourth-order valence-corrected chi connectivity index (χ4v) is 4.05. The van der Waals surface area contributed by atoms with Crippen molar-refractivity contribution in [2.75, 3.05) is 10.6 Å². The normalized spacial score (nSPS) is 11.9. The van der Waals surface area contributed by atoms with Gasteiger partial charge in [-0.25, -0.2) is 22.2 Å². The van der Waals surface area contributed by atoms with Crippen LogP contribution >= 0.6 is 0 Å². The Bertz CT molecular complexity index is 1310. The highest BCUT2D eigenvalue weighted by atomic mass is 32.2. The molecule has 1 amide bonds. The maximum atomic E-state index is 13.4. The lowest BCUT2D eigenvalue weighted by atomic mass is 9.87. The Morgan fingerprint density at radius 3 is 2.34 bits per heavy atom. The molecule has 168 valence electrons. The van der Waals surface area contributed by atoms with Crippen molar-refractivity contribution >= 4 is 27.6 Å². The molecule has 0 aliphatic rings. The number of aromatic nitrogens is 3. The first kappa shape index (κ1) is 23.1. The van der Waals surface area contributed by atoms with Gasteiger partial charge in [0, 0.05) is 5.56 Å². The zero-order valence-electron chi connectivity index (χ0n) is 18.4. The SMILES string of the molecule is Cc1ccc(C(=O)N(c2cccc(C(C)(C)C)c2)S(C)(=O)=O)cc1-n1cc(C(=O)O)nn1. The van der Waals surface area contributed by atoms with Crippen LogP contribution in [0.2, 0.25) is 0 Å². The zero-order valence-corrected chi connectivity index (χ0v) is 19.2. The van der Waals surface area contributed by atoms with Gasteiger partial charge in [-0.1, -0.05) is 44.2 Å². The fraction of sp³-hybridized carbons (Fsp3) is 0.273. The van der Waals surface area contributed by atoms with Gasteiger partial charge in [-0.05, 0) is 47.7 Å². The average molecular weight is 457 g/mol. The molecule has 0 atom stereocenters. The second-order valence-corrected chi connectivity index (χ2v) is 10.3. The molecule has 0 fully saturated rings. The van der Waals surface area contributed by atoms with Crippen LogP contribution in [0.25, 0.3) is 5.69 Å². The Labute approximate surface area is 186 Å². The van der Waals surface area contributed by atoms with E-state index in [1.54, 1.807) is 31.2 Å². The first-order valence-electron chi connectivity index (χ1n) is 9.71. The van der Waals surface area contributed by atoms with Gasteiger partial charge in [-0.15, -0.1) is 5.10 Å². The molecule has 0 aliphatic carbocycles. The Morgan fingerprint density at radius 1 is 1.09 bits per heavy atom. The number of nitrogens with zero attached hydrogens (tertiary/aromatic N) is 4. The van der Waals surface area contributed by atoms with Gasteiger partial charge in [0.15, 0.2) is 5.69 Å². The summed E-state index contributed by atoms with van der Waals surface area (Å²) in [6.07, 6.45) is 2.19. The second-order valence-electron chi connectivity index (χ2n) is 8.49. The molecule has 0 bridgehead atoms. The van der Waals surface area contributed by atoms with Crippen molar-refractivity contribution < 1.29 is 23.1 Å². The van der Waals surface area contributed by atoms with Crippen LogP contribution in [0.3, 0.4) is 0 Å². The number of hydrogen-bond acceptors (Lipinski definition) is 6. The maximum absolute atomic E-state index is 13.4. The quantitative estimate of drug-likeness (QED) is 0.625. The van der Waals surface area contributed by atoms with E-state index in [0.29, 0.717) is 11.3 Å². The summed E-state index contributed by atoms with van der Waals surface area (Å²) in [6.45, 7) is 7.74. The van der Waals surface area contributed by atoms with Gasteiger partial charge in [0.25, 0.3) is 5.91 Å². The van der Waals surface area contributed by atoms with Crippen LogP contribution in [0.1, 0.15) is 52.7 Å². The van der Waals surface area contributed by atoms with Crippen LogP contribution in [-0.2, 0) is 15.4 Å². The number of carbonyl (C=O) groups excluding carboxylic acids is 1. The minimum absolute atomic E-state index is 0.101. The summed E-state index contributed by atoms with van der Waals surface area (Å²) < 4.78 is 27.2. The van der Waals surface area contributed by atoms with E-state index in [1.807, 2.05) is 26.8 Å². The van der Waals surface area contributed by atoms with E-state index in [4.69, 9.17) is 5.11 Å². The molecular formula is C22H24N4O5S. The highest BCUT2D eigenvalue weighted by Crippen LogP contribution is 2.29. The molecule has 1 N–H and O–H groups in total. The number of aromatic carboxylic acids is 1. The molecular weight excluding hydrogens is 432 g/mol. The van der Waals surface area contributed by atoms with Gasteiger partial charge in [0.1, 0.15) is 0 Å². The number of amides is 1. The van der Waals surface area contributed by atoms with Crippen molar-refractivity contribution in [3.8, 4) is 5.69 Å². The molecule has 3 rings (SSSR count). The molecule has 2 aromatic carbocycles. The van der Waals surface area contributed by atoms with Crippen LogP contribution < -0.4 is 4.31 Å². The lowest BCUT2D eigenvalue weighted by Gasteiger charge is -2.24. The molecule has 9 nitrogen and oxygen atoms in total. The summed E-state index contributed by atoms with van der Waals surface area (Å²) in [7, 11) is -3.95. The molecule has 1 heterocycles. The molecule has 10 heteroatoms. The first-order chi connectivity index (χ1) is 14.8. The molecule has 0 spiro atoms. The predicted octanol–water partition coefficient (Wildman–Crippen LogP) is 3.18. The van der Waals surface area contributed by atoms with Crippen LogP contribution in [0.5, 0.6) is 0 Å². The highest BCUT2D eigenvalue weighted by molar-refractivity contribution is 7.92. The third kappa shape index (κ3) is 4.70. The topological polar surface area (TPSA) is 122 Å². The number of hydrogen-bond donors (Lipinski definition) is 1. The minimum atomic E-state index is -3.95. The summed E-state index contributed by atoms with van der Waals surface area (Å²) in [6, 6.07) is 11.5. The van der Waals surface area contributed by atoms with Crippen molar-refractivity contribution in [3.05, 3.63) is 71.0 Å². The number of carbonyl (C=O) groups is 2. The van der Waals surface area contributed by atoms with Gasteiger partial charge in [0.2, 0.25) is 10.0 Å². The van der Waals surface area contributed by atoms with E-state index in [9.17, 15) is 18.0 Å². The Balaban J connectivity index is 2.10. The Morgan fingerprint density at radius 2 is 1.78 bits per heavy atom. The van der Waals surface area contributed by atoms with Gasteiger partial charge < -0.3 is 5.11 Å². The van der Waals surface area contributed by atoms with Crippen molar-refractivity contribution in [1.82, 2.24) is 15.0 Å². The number of aryl methyl sites for hydroxylation is 1. The average Bonchev–Trinajstić information content (AvgIpc) is 3.17. The predicted molar refractivity (Wildman–Crippen MR) is 120 cm³/mol. The number of carboxylic acids is 1. The minimum Gasteiger partial charge on any atom is -0.476 e. The van der Waals surface area contributed by atoms with Crippen LogP contribution in [0, 0.1) is 6.92 Å². The highest BCUT2D eigenvalue weighted by Gasteiger charge is 2.28. The van der Waals surface area contributed by atoms with E-state index >= 15 is 0 Å². The number of anilines is 1. The van der Waals surface area contributed by atoms with Crippen molar-refractivity contribution in [3.63, 3.8) is 0 Å².